The molecule has 0 N–H and O–H groups in total. The third-order valence-corrected chi connectivity index (χ3v) is 7.82. The fraction of sp³-hybridized carbons (Fsp3) is 0.579. The highest BCUT2D eigenvalue weighted by molar-refractivity contribution is 7.99. The molecule has 2 aliphatic rings. The SMILES string of the molecule is CN(C1CCN(C(=O)CCC(=O)N2CCSc3ccccc32)CC1)S(C)(=O)=O. The van der Waals surface area contributed by atoms with Crippen LogP contribution in [0.25, 0.3) is 0 Å². The molecule has 28 heavy (non-hydrogen) atoms. The number of likely N-dealkylation sites (tertiary alicyclic amines) is 1. The lowest BCUT2D eigenvalue weighted by atomic mass is 10.0. The maximum absolute atomic E-state index is 12.7. The normalized spacial score (nSPS) is 18.2. The third kappa shape index (κ3) is 4.87. The number of carbonyl (C=O) groups is 2. The number of amides is 2. The van der Waals surface area contributed by atoms with E-state index in [-0.39, 0.29) is 30.7 Å². The van der Waals surface area contributed by atoms with Crippen LogP contribution in [0.3, 0.4) is 0 Å². The minimum absolute atomic E-state index is 0.0206. The number of piperidine rings is 1. The van der Waals surface area contributed by atoms with E-state index >= 15 is 0 Å². The summed E-state index contributed by atoms with van der Waals surface area (Å²) in [6.45, 7) is 1.72. The molecule has 0 unspecified atom stereocenters. The van der Waals surface area contributed by atoms with Crippen LogP contribution in [0.1, 0.15) is 25.7 Å². The first kappa shape index (κ1) is 21.1. The van der Waals surface area contributed by atoms with Crippen molar-refractivity contribution in [1.29, 1.82) is 0 Å². The van der Waals surface area contributed by atoms with Crippen molar-refractivity contribution >= 4 is 39.3 Å². The van der Waals surface area contributed by atoms with E-state index in [4.69, 9.17) is 0 Å². The Bertz CT molecular complexity index is 835. The van der Waals surface area contributed by atoms with Crippen LogP contribution in [-0.4, -0.2) is 74.2 Å². The molecule has 7 nitrogen and oxygen atoms in total. The van der Waals surface area contributed by atoms with E-state index in [2.05, 4.69) is 0 Å². The van der Waals surface area contributed by atoms with Crippen LogP contribution in [0.2, 0.25) is 0 Å². The molecule has 9 heteroatoms. The van der Waals surface area contributed by atoms with Crippen LogP contribution in [0.4, 0.5) is 5.69 Å². The van der Waals surface area contributed by atoms with E-state index in [1.165, 1.54) is 10.6 Å². The predicted molar refractivity (Wildman–Crippen MR) is 111 cm³/mol. The van der Waals surface area contributed by atoms with E-state index in [1.54, 1.807) is 28.6 Å². The molecule has 1 aromatic carbocycles. The number of rotatable bonds is 5. The Hall–Kier alpha value is -1.58. The molecule has 2 aliphatic heterocycles. The fourth-order valence-corrected chi connectivity index (χ4v) is 5.43. The van der Waals surface area contributed by atoms with Gasteiger partial charge >= 0.3 is 0 Å². The molecule has 154 valence electrons. The van der Waals surface area contributed by atoms with Crippen molar-refractivity contribution < 1.29 is 18.0 Å². The van der Waals surface area contributed by atoms with Gasteiger partial charge in [0.25, 0.3) is 0 Å². The Kier molecular flexibility index (Phi) is 6.67. The summed E-state index contributed by atoms with van der Waals surface area (Å²) in [5.74, 6) is 0.805. The van der Waals surface area contributed by atoms with Gasteiger partial charge in [-0.3, -0.25) is 9.59 Å². The number of hydrogen-bond donors (Lipinski definition) is 0. The number of hydrogen-bond acceptors (Lipinski definition) is 5. The fourth-order valence-electron chi connectivity index (χ4n) is 3.69. The van der Waals surface area contributed by atoms with Gasteiger partial charge in [0.1, 0.15) is 0 Å². The number of fused-ring (bicyclic) bond motifs is 1. The van der Waals surface area contributed by atoms with Crippen LogP contribution >= 0.6 is 11.8 Å². The number of para-hydroxylation sites is 1. The average Bonchev–Trinajstić information content (AvgIpc) is 2.70. The molecule has 0 saturated carbocycles. The van der Waals surface area contributed by atoms with Gasteiger partial charge in [-0.15, -0.1) is 11.8 Å². The minimum atomic E-state index is -3.22. The highest BCUT2D eigenvalue weighted by Crippen LogP contribution is 2.34. The van der Waals surface area contributed by atoms with Gasteiger partial charge < -0.3 is 9.80 Å². The van der Waals surface area contributed by atoms with Gasteiger partial charge in [0.2, 0.25) is 21.8 Å². The summed E-state index contributed by atoms with van der Waals surface area (Å²) in [7, 11) is -1.63. The van der Waals surface area contributed by atoms with E-state index in [1.807, 2.05) is 24.3 Å². The number of benzene rings is 1. The van der Waals surface area contributed by atoms with Crippen LogP contribution in [-0.2, 0) is 19.6 Å². The van der Waals surface area contributed by atoms with Crippen LogP contribution in [0, 0.1) is 0 Å². The smallest absolute Gasteiger partial charge is 0.227 e. The van der Waals surface area contributed by atoms with Gasteiger partial charge in [0.15, 0.2) is 0 Å². The predicted octanol–water partition coefficient (Wildman–Crippen LogP) is 1.79. The second-order valence-electron chi connectivity index (χ2n) is 7.25. The highest BCUT2D eigenvalue weighted by atomic mass is 32.2. The van der Waals surface area contributed by atoms with Crippen molar-refractivity contribution in [3.63, 3.8) is 0 Å². The van der Waals surface area contributed by atoms with Gasteiger partial charge in [0, 0.05) is 56.2 Å². The Balaban J connectivity index is 1.50. The monoisotopic (exact) mass is 425 g/mol. The summed E-state index contributed by atoms with van der Waals surface area (Å²) in [4.78, 5) is 29.8. The first-order chi connectivity index (χ1) is 13.3. The molecule has 0 spiro atoms. The van der Waals surface area contributed by atoms with E-state index in [9.17, 15) is 18.0 Å². The van der Waals surface area contributed by atoms with E-state index < -0.39 is 10.0 Å². The lowest BCUT2D eigenvalue weighted by Crippen LogP contribution is -2.47. The zero-order valence-electron chi connectivity index (χ0n) is 16.3. The largest absolute Gasteiger partial charge is 0.343 e. The molecule has 1 aromatic rings. The highest BCUT2D eigenvalue weighted by Gasteiger charge is 2.29. The van der Waals surface area contributed by atoms with Crippen molar-refractivity contribution in [3.05, 3.63) is 24.3 Å². The van der Waals surface area contributed by atoms with Gasteiger partial charge in [0.05, 0.1) is 11.9 Å². The second-order valence-corrected chi connectivity index (χ2v) is 10.4. The number of sulfonamides is 1. The van der Waals surface area contributed by atoms with E-state index in [0.29, 0.717) is 32.5 Å². The molecule has 0 aromatic heterocycles. The molecule has 0 aliphatic carbocycles. The zero-order valence-corrected chi connectivity index (χ0v) is 18.0. The molecule has 0 atom stereocenters. The first-order valence-electron chi connectivity index (χ1n) is 9.50. The summed E-state index contributed by atoms with van der Waals surface area (Å²) >= 11 is 1.75. The van der Waals surface area contributed by atoms with Gasteiger partial charge in [-0.1, -0.05) is 12.1 Å². The van der Waals surface area contributed by atoms with Crippen molar-refractivity contribution in [1.82, 2.24) is 9.21 Å². The third-order valence-electron chi connectivity index (χ3n) is 5.44. The number of thioether (sulfide) groups is 1. The lowest BCUT2D eigenvalue weighted by molar-refractivity contribution is -0.134. The molecule has 2 amide bonds. The number of nitrogens with zero attached hydrogens (tertiary/aromatic N) is 3. The van der Waals surface area contributed by atoms with Crippen LogP contribution < -0.4 is 4.90 Å². The van der Waals surface area contributed by atoms with Gasteiger partial charge in [-0.2, -0.15) is 0 Å². The molecular weight excluding hydrogens is 398 g/mol. The molecule has 2 heterocycles. The Morgan fingerprint density at radius 3 is 2.43 bits per heavy atom. The van der Waals surface area contributed by atoms with Crippen molar-refractivity contribution in [2.75, 3.05) is 43.6 Å². The van der Waals surface area contributed by atoms with Gasteiger partial charge in [-0.25, -0.2) is 12.7 Å². The van der Waals surface area contributed by atoms with Crippen molar-refractivity contribution in [2.45, 2.75) is 36.6 Å². The summed E-state index contributed by atoms with van der Waals surface area (Å²) in [6, 6.07) is 7.79. The maximum atomic E-state index is 12.7. The Morgan fingerprint density at radius 1 is 1.11 bits per heavy atom. The summed E-state index contributed by atoms with van der Waals surface area (Å²) in [5.41, 5.74) is 0.931. The zero-order chi connectivity index (χ0) is 20.3. The first-order valence-corrected chi connectivity index (χ1v) is 12.3. The second kappa shape index (κ2) is 8.84. The van der Waals surface area contributed by atoms with Crippen LogP contribution in [0.15, 0.2) is 29.2 Å². The van der Waals surface area contributed by atoms with Crippen molar-refractivity contribution in [2.24, 2.45) is 0 Å². The Labute approximate surface area is 171 Å². The van der Waals surface area contributed by atoms with Gasteiger partial charge in [-0.05, 0) is 25.0 Å². The maximum Gasteiger partial charge on any atom is 0.227 e. The van der Waals surface area contributed by atoms with Crippen LogP contribution in [0.5, 0.6) is 0 Å². The number of anilines is 1. The molecule has 1 fully saturated rings. The molecule has 3 rings (SSSR count). The standard InChI is InChI=1S/C19H27N3O4S2/c1-20(28(2,25)26)15-9-11-21(12-10-15)18(23)7-8-19(24)22-13-14-27-17-6-4-3-5-16(17)22/h3-6,15H,7-14H2,1-2H3. The molecular formula is C19H27N3O4S2. The van der Waals surface area contributed by atoms with Crippen molar-refractivity contribution in [3.8, 4) is 0 Å². The summed E-state index contributed by atoms with van der Waals surface area (Å²) in [5, 5.41) is 0. The topological polar surface area (TPSA) is 78.0 Å². The summed E-state index contributed by atoms with van der Waals surface area (Å²) < 4.78 is 24.7. The molecule has 0 bridgehead atoms. The minimum Gasteiger partial charge on any atom is -0.343 e. The van der Waals surface area contributed by atoms with E-state index in [0.717, 1.165) is 16.3 Å². The quantitative estimate of drug-likeness (QED) is 0.719. The molecule has 1 saturated heterocycles. The number of carbonyl (C=O) groups excluding carboxylic acids is 2. The summed E-state index contributed by atoms with van der Waals surface area (Å²) in [6.07, 6.45) is 2.84. The average molecular weight is 426 g/mol. The molecule has 0 radical (unpaired) electrons. The Morgan fingerprint density at radius 2 is 1.75 bits per heavy atom. The lowest BCUT2D eigenvalue weighted by Gasteiger charge is -2.35.